The van der Waals surface area contributed by atoms with Crippen LogP contribution in [-0.4, -0.2) is 25.0 Å². The van der Waals surface area contributed by atoms with Crippen molar-refractivity contribution < 1.29 is 14.3 Å². The van der Waals surface area contributed by atoms with Crippen LogP contribution in [0.3, 0.4) is 0 Å². The van der Waals surface area contributed by atoms with Gasteiger partial charge in [-0.3, -0.25) is 9.59 Å². The molecule has 19 heavy (non-hydrogen) atoms. The second-order valence-electron chi connectivity index (χ2n) is 4.58. The summed E-state index contributed by atoms with van der Waals surface area (Å²) < 4.78 is 4.78. The maximum Gasteiger partial charge on any atom is 0.325 e. The van der Waals surface area contributed by atoms with E-state index in [-0.39, 0.29) is 12.5 Å². The van der Waals surface area contributed by atoms with E-state index in [0.717, 1.165) is 18.4 Å². The van der Waals surface area contributed by atoms with Gasteiger partial charge in [0.25, 0.3) is 0 Å². The lowest BCUT2D eigenvalue weighted by atomic mass is 9.95. The average Bonchev–Trinajstić information content (AvgIpc) is 3.19. The standard InChI is InChI=1S/C14H16ClNO3/c1-2-19-12(17)9-16-13(18)14(7-8-14)10-3-5-11(15)6-4-10/h3-6H,2,7-9H2,1H3,(H,16,18). The summed E-state index contributed by atoms with van der Waals surface area (Å²) >= 11 is 5.84. The van der Waals surface area contributed by atoms with Gasteiger partial charge in [-0.1, -0.05) is 23.7 Å². The summed E-state index contributed by atoms with van der Waals surface area (Å²) in [4.78, 5) is 23.4. The predicted octanol–water partition coefficient (Wildman–Crippen LogP) is 2.05. The molecule has 1 N–H and O–H groups in total. The Labute approximate surface area is 117 Å². The van der Waals surface area contributed by atoms with Gasteiger partial charge in [0.15, 0.2) is 0 Å². The number of carbonyl (C=O) groups is 2. The van der Waals surface area contributed by atoms with E-state index in [9.17, 15) is 9.59 Å². The molecule has 0 aromatic heterocycles. The van der Waals surface area contributed by atoms with E-state index >= 15 is 0 Å². The highest BCUT2D eigenvalue weighted by Gasteiger charge is 2.51. The van der Waals surface area contributed by atoms with Crippen molar-refractivity contribution in [1.82, 2.24) is 5.32 Å². The van der Waals surface area contributed by atoms with Gasteiger partial charge in [-0.25, -0.2) is 0 Å². The minimum absolute atomic E-state index is 0.0813. The van der Waals surface area contributed by atoms with Gasteiger partial charge in [-0.2, -0.15) is 0 Å². The fraction of sp³-hybridized carbons (Fsp3) is 0.429. The third kappa shape index (κ3) is 3.07. The van der Waals surface area contributed by atoms with Crippen LogP contribution >= 0.6 is 11.6 Å². The molecular weight excluding hydrogens is 266 g/mol. The molecule has 2 rings (SSSR count). The molecule has 0 atom stereocenters. The van der Waals surface area contributed by atoms with Crippen LogP contribution in [0.2, 0.25) is 5.02 Å². The first kappa shape index (κ1) is 13.9. The van der Waals surface area contributed by atoms with Gasteiger partial charge in [0.1, 0.15) is 6.54 Å². The smallest absolute Gasteiger partial charge is 0.325 e. The fourth-order valence-corrected chi connectivity index (χ4v) is 2.20. The monoisotopic (exact) mass is 281 g/mol. The first-order valence-corrected chi connectivity index (χ1v) is 6.66. The minimum Gasteiger partial charge on any atom is -0.465 e. The molecule has 1 aliphatic rings. The van der Waals surface area contributed by atoms with E-state index < -0.39 is 11.4 Å². The summed E-state index contributed by atoms with van der Waals surface area (Å²) in [6.07, 6.45) is 1.59. The molecule has 0 aliphatic heterocycles. The lowest BCUT2D eigenvalue weighted by molar-refractivity contribution is -0.143. The van der Waals surface area contributed by atoms with Crippen molar-refractivity contribution in [3.8, 4) is 0 Å². The number of carbonyl (C=O) groups excluding carboxylic acids is 2. The Balaban J connectivity index is 1.98. The Morgan fingerprint density at radius 3 is 2.47 bits per heavy atom. The van der Waals surface area contributed by atoms with Gasteiger partial charge in [0.05, 0.1) is 12.0 Å². The van der Waals surface area contributed by atoms with Gasteiger partial charge in [0, 0.05) is 5.02 Å². The Morgan fingerprint density at radius 1 is 1.32 bits per heavy atom. The van der Waals surface area contributed by atoms with E-state index in [0.29, 0.717) is 11.6 Å². The van der Waals surface area contributed by atoms with E-state index in [1.54, 1.807) is 19.1 Å². The van der Waals surface area contributed by atoms with Crippen molar-refractivity contribution in [2.45, 2.75) is 25.2 Å². The molecule has 0 heterocycles. The maximum atomic E-state index is 12.2. The summed E-state index contributed by atoms with van der Waals surface area (Å²) in [6, 6.07) is 7.27. The van der Waals surface area contributed by atoms with Crippen LogP contribution in [-0.2, 0) is 19.7 Å². The molecule has 102 valence electrons. The van der Waals surface area contributed by atoms with Gasteiger partial charge in [-0.05, 0) is 37.5 Å². The first-order chi connectivity index (χ1) is 9.08. The largest absolute Gasteiger partial charge is 0.465 e. The summed E-state index contributed by atoms with van der Waals surface area (Å²) in [7, 11) is 0. The molecule has 5 heteroatoms. The normalized spacial score (nSPS) is 15.7. The molecule has 1 aliphatic carbocycles. The number of nitrogens with one attached hydrogen (secondary N) is 1. The Morgan fingerprint density at radius 2 is 1.95 bits per heavy atom. The molecule has 0 radical (unpaired) electrons. The van der Waals surface area contributed by atoms with Crippen LogP contribution in [0.5, 0.6) is 0 Å². The molecule has 0 bridgehead atoms. The van der Waals surface area contributed by atoms with Crippen LogP contribution in [0.1, 0.15) is 25.3 Å². The lowest BCUT2D eigenvalue weighted by Gasteiger charge is -2.15. The van der Waals surface area contributed by atoms with Crippen LogP contribution in [0.4, 0.5) is 0 Å². The van der Waals surface area contributed by atoms with Crippen molar-refractivity contribution in [3.05, 3.63) is 34.9 Å². The number of halogens is 1. The molecule has 1 saturated carbocycles. The molecule has 1 aromatic rings. The number of hydrogen-bond acceptors (Lipinski definition) is 3. The number of ether oxygens (including phenoxy) is 1. The highest BCUT2D eigenvalue weighted by atomic mass is 35.5. The number of esters is 1. The highest BCUT2D eigenvalue weighted by molar-refractivity contribution is 6.30. The Kier molecular flexibility index (Phi) is 4.10. The van der Waals surface area contributed by atoms with Crippen LogP contribution in [0, 0.1) is 0 Å². The summed E-state index contributed by atoms with van der Waals surface area (Å²) in [5.41, 5.74) is 0.454. The predicted molar refractivity (Wildman–Crippen MR) is 72.0 cm³/mol. The average molecular weight is 282 g/mol. The summed E-state index contributed by atoms with van der Waals surface area (Å²) in [6.45, 7) is 1.97. The van der Waals surface area contributed by atoms with Crippen molar-refractivity contribution in [1.29, 1.82) is 0 Å². The van der Waals surface area contributed by atoms with Gasteiger partial charge in [-0.15, -0.1) is 0 Å². The first-order valence-electron chi connectivity index (χ1n) is 6.28. The zero-order valence-electron chi connectivity index (χ0n) is 10.7. The summed E-state index contributed by atoms with van der Waals surface area (Å²) in [5, 5.41) is 3.28. The zero-order valence-corrected chi connectivity index (χ0v) is 11.5. The third-order valence-electron chi connectivity index (χ3n) is 3.28. The van der Waals surface area contributed by atoms with Crippen molar-refractivity contribution in [2.75, 3.05) is 13.2 Å². The van der Waals surface area contributed by atoms with Gasteiger partial charge < -0.3 is 10.1 Å². The zero-order chi connectivity index (χ0) is 13.9. The maximum absolute atomic E-state index is 12.2. The van der Waals surface area contributed by atoms with Gasteiger partial charge in [0.2, 0.25) is 5.91 Å². The lowest BCUT2D eigenvalue weighted by Crippen LogP contribution is -2.38. The molecule has 1 aromatic carbocycles. The second kappa shape index (κ2) is 5.61. The topological polar surface area (TPSA) is 55.4 Å². The van der Waals surface area contributed by atoms with E-state index in [1.165, 1.54) is 0 Å². The van der Waals surface area contributed by atoms with Crippen LogP contribution < -0.4 is 5.32 Å². The third-order valence-corrected chi connectivity index (χ3v) is 3.53. The second-order valence-corrected chi connectivity index (χ2v) is 5.01. The molecular formula is C14H16ClNO3. The molecule has 0 unspecified atom stereocenters. The Bertz CT molecular complexity index is 480. The SMILES string of the molecule is CCOC(=O)CNC(=O)C1(c2ccc(Cl)cc2)CC1. The molecule has 1 fully saturated rings. The van der Waals surface area contributed by atoms with Crippen molar-refractivity contribution in [3.63, 3.8) is 0 Å². The molecule has 4 nitrogen and oxygen atoms in total. The minimum atomic E-state index is -0.489. The van der Waals surface area contributed by atoms with Crippen LogP contribution in [0.15, 0.2) is 24.3 Å². The quantitative estimate of drug-likeness (QED) is 0.841. The molecule has 0 spiro atoms. The van der Waals surface area contributed by atoms with E-state index in [4.69, 9.17) is 16.3 Å². The van der Waals surface area contributed by atoms with E-state index in [1.807, 2.05) is 12.1 Å². The molecule has 1 amide bonds. The van der Waals surface area contributed by atoms with Crippen molar-refractivity contribution in [2.24, 2.45) is 0 Å². The summed E-state index contributed by atoms with van der Waals surface area (Å²) in [5.74, 6) is -0.536. The number of rotatable bonds is 5. The number of amides is 1. The van der Waals surface area contributed by atoms with E-state index in [2.05, 4.69) is 5.32 Å². The fourth-order valence-electron chi connectivity index (χ4n) is 2.07. The van der Waals surface area contributed by atoms with Crippen LogP contribution in [0.25, 0.3) is 0 Å². The number of benzene rings is 1. The Hall–Kier alpha value is -1.55. The van der Waals surface area contributed by atoms with Gasteiger partial charge >= 0.3 is 5.97 Å². The highest BCUT2D eigenvalue weighted by Crippen LogP contribution is 2.48. The van der Waals surface area contributed by atoms with Crippen molar-refractivity contribution >= 4 is 23.5 Å². The number of hydrogen-bond donors (Lipinski definition) is 1. The molecule has 0 saturated heterocycles.